The summed E-state index contributed by atoms with van der Waals surface area (Å²) in [5.74, 6) is -0.734. The van der Waals surface area contributed by atoms with E-state index in [9.17, 15) is 15.0 Å². The minimum Gasteiger partial charge on any atom is -0.481 e. The minimum atomic E-state index is -0.881. The highest BCUT2D eigenvalue weighted by Gasteiger charge is 2.10. The quantitative estimate of drug-likeness (QED) is 0.224. The van der Waals surface area contributed by atoms with E-state index in [4.69, 9.17) is 5.11 Å². The summed E-state index contributed by atoms with van der Waals surface area (Å²) in [6, 6.07) is 0. The topological polar surface area (TPSA) is 77.8 Å². The Hall–Kier alpha value is -1.91. The summed E-state index contributed by atoms with van der Waals surface area (Å²) >= 11 is 0. The summed E-state index contributed by atoms with van der Waals surface area (Å²) in [4.78, 5) is 10.4. The Bertz CT molecular complexity index is 486. The molecule has 0 fully saturated rings. The van der Waals surface area contributed by atoms with Crippen molar-refractivity contribution in [2.45, 2.75) is 70.5 Å². The van der Waals surface area contributed by atoms with Gasteiger partial charge in [-0.05, 0) is 38.5 Å². The number of aliphatic hydroxyl groups is 2. The first-order chi connectivity index (χ1) is 12.6. The lowest BCUT2D eigenvalue weighted by Gasteiger charge is -2.11. The first-order valence-electron chi connectivity index (χ1n) is 9.45. The van der Waals surface area contributed by atoms with Crippen LogP contribution in [-0.2, 0) is 4.79 Å². The molecule has 0 heterocycles. The van der Waals surface area contributed by atoms with Gasteiger partial charge in [-0.25, -0.2) is 0 Å². The molecular formula is C22H34O4. The Balaban J connectivity index is 3.83. The van der Waals surface area contributed by atoms with E-state index in [1.54, 1.807) is 12.2 Å². The van der Waals surface area contributed by atoms with Crippen LogP contribution in [0.5, 0.6) is 0 Å². The Morgan fingerprint density at radius 2 is 1.62 bits per heavy atom. The fourth-order valence-electron chi connectivity index (χ4n) is 2.14. The van der Waals surface area contributed by atoms with Crippen LogP contribution in [0.25, 0.3) is 0 Å². The SMILES string of the molecule is CC/C=C\C/C=C\C[C@H](O)C(O)/C=C/C=C/C=C\CCCCCC(=O)O. The molecular weight excluding hydrogens is 328 g/mol. The summed E-state index contributed by atoms with van der Waals surface area (Å²) in [5.41, 5.74) is 0. The minimum absolute atomic E-state index is 0.244. The van der Waals surface area contributed by atoms with Crippen molar-refractivity contribution in [1.82, 2.24) is 0 Å². The van der Waals surface area contributed by atoms with Crippen LogP contribution in [0.3, 0.4) is 0 Å². The highest BCUT2D eigenvalue weighted by molar-refractivity contribution is 5.66. The van der Waals surface area contributed by atoms with Crippen molar-refractivity contribution >= 4 is 5.97 Å². The molecule has 4 heteroatoms. The lowest BCUT2D eigenvalue weighted by Crippen LogP contribution is -2.22. The molecule has 0 aromatic heterocycles. The second-order valence-corrected chi connectivity index (χ2v) is 6.07. The highest BCUT2D eigenvalue weighted by Crippen LogP contribution is 2.04. The Kier molecular flexibility index (Phi) is 16.6. The molecule has 0 aliphatic heterocycles. The van der Waals surface area contributed by atoms with Crippen molar-refractivity contribution in [3.63, 3.8) is 0 Å². The lowest BCUT2D eigenvalue weighted by molar-refractivity contribution is -0.137. The number of unbranched alkanes of at least 4 members (excludes halogenated alkanes) is 3. The van der Waals surface area contributed by atoms with E-state index < -0.39 is 18.2 Å². The number of allylic oxidation sites excluding steroid dienone is 8. The zero-order chi connectivity index (χ0) is 19.5. The Labute approximate surface area is 157 Å². The third-order valence-corrected chi connectivity index (χ3v) is 3.65. The molecule has 0 saturated carbocycles. The van der Waals surface area contributed by atoms with Crippen LogP contribution in [0.15, 0.2) is 60.8 Å². The van der Waals surface area contributed by atoms with Gasteiger partial charge in [0.2, 0.25) is 0 Å². The molecule has 0 aliphatic rings. The number of aliphatic hydroxyl groups excluding tert-OH is 2. The largest absolute Gasteiger partial charge is 0.481 e. The Morgan fingerprint density at radius 3 is 2.35 bits per heavy atom. The fraction of sp³-hybridized carbons (Fsp3) is 0.500. The molecule has 3 N–H and O–H groups in total. The lowest BCUT2D eigenvalue weighted by atomic mass is 10.1. The van der Waals surface area contributed by atoms with E-state index in [0.29, 0.717) is 6.42 Å². The molecule has 0 aromatic rings. The van der Waals surface area contributed by atoms with Gasteiger partial charge in [0.05, 0.1) is 12.2 Å². The molecule has 0 amide bonds. The number of hydrogen-bond acceptors (Lipinski definition) is 3. The fourth-order valence-corrected chi connectivity index (χ4v) is 2.14. The second kappa shape index (κ2) is 17.9. The van der Waals surface area contributed by atoms with Gasteiger partial charge in [-0.1, -0.05) is 74.1 Å². The summed E-state index contributed by atoms with van der Waals surface area (Å²) < 4.78 is 0. The first-order valence-corrected chi connectivity index (χ1v) is 9.45. The predicted molar refractivity (Wildman–Crippen MR) is 108 cm³/mol. The van der Waals surface area contributed by atoms with Crippen molar-refractivity contribution in [2.24, 2.45) is 0 Å². The molecule has 26 heavy (non-hydrogen) atoms. The Morgan fingerprint density at radius 1 is 0.885 bits per heavy atom. The molecule has 0 aromatic carbocycles. The van der Waals surface area contributed by atoms with E-state index >= 15 is 0 Å². The van der Waals surface area contributed by atoms with Crippen molar-refractivity contribution in [3.8, 4) is 0 Å². The van der Waals surface area contributed by atoms with Gasteiger partial charge in [-0.3, -0.25) is 4.79 Å². The first kappa shape index (κ1) is 24.1. The van der Waals surface area contributed by atoms with Crippen molar-refractivity contribution < 1.29 is 20.1 Å². The van der Waals surface area contributed by atoms with Crippen molar-refractivity contribution in [1.29, 1.82) is 0 Å². The molecule has 146 valence electrons. The predicted octanol–water partition coefficient (Wildman–Crippen LogP) is 4.71. The number of rotatable bonds is 15. The van der Waals surface area contributed by atoms with Crippen molar-refractivity contribution in [3.05, 3.63) is 60.8 Å². The smallest absolute Gasteiger partial charge is 0.303 e. The second-order valence-electron chi connectivity index (χ2n) is 6.07. The van der Waals surface area contributed by atoms with Gasteiger partial charge >= 0.3 is 5.97 Å². The van der Waals surface area contributed by atoms with Crippen LogP contribution in [0, 0.1) is 0 Å². The molecule has 0 bridgehead atoms. The number of carboxylic acid groups (broad SMARTS) is 1. The molecule has 0 rings (SSSR count). The molecule has 0 aliphatic carbocycles. The molecule has 1 unspecified atom stereocenters. The highest BCUT2D eigenvalue weighted by atomic mass is 16.4. The number of carbonyl (C=O) groups is 1. The van der Waals surface area contributed by atoms with Gasteiger partial charge in [-0.2, -0.15) is 0 Å². The van der Waals surface area contributed by atoms with Crippen molar-refractivity contribution in [2.75, 3.05) is 0 Å². The van der Waals surface area contributed by atoms with Gasteiger partial charge < -0.3 is 15.3 Å². The standard InChI is InChI=1S/C22H34O4/c1-2-3-4-5-11-14-17-20(23)21(24)18-15-12-9-7-6-8-10-13-16-19-22(25)26/h3-4,6-7,9,11-12,14-15,18,20-21,23-24H,2,5,8,10,13,16-17,19H2,1H3,(H,25,26)/b4-3-,7-6-,12-9+,14-11-,18-15+/t20-,21?/m0/s1. The van der Waals surface area contributed by atoms with Crippen LogP contribution in [0.2, 0.25) is 0 Å². The van der Waals surface area contributed by atoms with Crippen LogP contribution in [0.4, 0.5) is 0 Å². The van der Waals surface area contributed by atoms with Gasteiger partial charge in [0, 0.05) is 6.42 Å². The van der Waals surface area contributed by atoms with E-state index in [2.05, 4.69) is 19.1 Å². The van der Waals surface area contributed by atoms with E-state index in [-0.39, 0.29) is 6.42 Å². The molecule has 0 spiro atoms. The number of hydrogen-bond donors (Lipinski definition) is 3. The average Bonchev–Trinajstić information content (AvgIpc) is 2.61. The maximum Gasteiger partial charge on any atom is 0.303 e. The average molecular weight is 363 g/mol. The monoisotopic (exact) mass is 362 g/mol. The third-order valence-electron chi connectivity index (χ3n) is 3.65. The molecule has 0 radical (unpaired) electrons. The molecule has 0 saturated heterocycles. The van der Waals surface area contributed by atoms with E-state index in [1.807, 2.05) is 36.5 Å². The summed E-state index contributed by atoms with van der Waals surface area (Å²) in [5, 5.41) is 28.2. The summed E-state index contributed by atoms with van der Waals surface area (Å²) in [6.45, 7) is 2.09. The van der Waals surface area contributed by atoms with E-state index in [0.717, 1.165) is 38.5 Å². The third kappa shape index (κ3) is 16.9. The maximum atomic E-state index is 10.4. The van der Waals surface area contributed by atoms with Crippen LogP contribution < -0.4 is 0 Å². The van der Waals surface area contributed by atoms with Crippen LogP contribution in [0.1, 0.15) is 58.3 Å². The molecule has 4 nitrogen and oxygen atoms in total. The normalized spacial score (nSPS) is 15.2. The summed E-state index contributed by atoms with van der Waals surface area (Å²) in [6.07, 6.45) is 23.4. The van der Waals surface area contributed by atoms with Gasteiger partial charge in [-0.15, -0.1) is 0 Å². The zero-order valence-corrected chi connectivity index (χ0v) is 15.8. The number of carboxylic acids is 1. The maximum absolute atomic E-state index is 10.4. The van der Waals surface area contributed by atoms with E-state index in [1.165, 1.54) is 0 Å². The van der Waals surface area contributed by atoms with Gasteiger partial charge in [0.1, 0.15) is 0 Å². The van der Waals surface area contributed by atoms with Crippen LogP contribution in [-0.4, -0.2) is 33.5 Å². The number of aliphatic carboxylic acids is 1. The zero-order valence-electron chi connectivity index (χ0n) is 15.8. The van der Waals surface area contributed by atoms with Gasteiger partial charge in [0.25, 0.3) is 0 Å². The molecule has 2 atom stereocenters. The summed E-state index contributed by atoms with van der Waals surface area (Å²) in [7, 11) is 0. The van der Waals surface area contributed by atoms with Gasteiger partial charge in [0.15, 0.2) is 0 Å². The van der Waals surface area contributed by atoms with Crippen LogP contribution >= 0.6 is 0 Å².